The zero-order valence-corrected chi connectivity index (χ0v) is 16.2. The van der Waals surface area contributed by atoms with Crippen molar-refractivity contribution >= 4 is 17.7 Å². The lowest BCUT2D eigenvalue weighted by Crippen LogP contribution is -2.50. The van der Waals surface area contributed by atoms with E-state index in [1.165, 1.54) is 0 Å². The molecule has 1 aliphatic rings. The third kappa shape index (κ3) is 7.07. The molecule has 1 aromatic carbocycles. The first-order chi connectivity index (χ1) is 12.8. The van der Waals surface area contributed by atoms with Gasteiger partial charge < -0.3 is 24.8 Å². The summed E-state index contributed by atoms with van der Waals surface area (Å²) in [6.45, 7) is 8.93. The van der Waals surface area contributed by atoms with Gasteiger partial charge in [0.2, 0.25) is 5.91 Å². The van der Waals surface area contributed by atoms with Gasteiger partial charge in [-0.05, 0) is 32.9 Å². The first kappa shape index (κ1) is 21.0. The van der Waals surface area contributed by atoms with E-state index in [1.807, 2.05) is 26.8 Å². The van der Waals surface area contributed by atoms with Crippen molar-refractivity contribution in [1.29, 1.82) is 0 Å². The van der Waals surface area contributed by atoms with Crippen molar-refractivity contribution in [2.24, 2.45) is 0 Å². The Morgan fingerprint density at radius 3 is 2.44 bits per heavy atom. The van der Waals surface area contributed by atoms with Gasteiger partial charge in [-0.2, -0.15) is 0 Å². The fraction of sp³-hybridized carbons (Fsp3) is 0.579. The largest absolute Gasteiger partial charge is 0.490 e. The molecule has 8 nitrogen and oxygen atoms in total. The number of carbonyl (C=O) groups excluding carboxylic acids is 2. The zero-order valence-electron chi connectivity index (χ0n) is 16.2. The molecule has 0 spiro atoms. The molecular weight excluding hydrogens is 350 g/mol. The second kappa shape index (κ2) is 9.57. The maximum atomic E-state index is 12.1. The van der Waals surface area contributed by atoms with Gasteiger partial charge in [0, 0.05) is 32.7 Å². The molecule has 0 aliphatic carbocycles. The van der Waals surface area contributed by atoms with E-state index in [0.29, 0.717) is 37.7 Å². The fourth-order valence-electron chi connectivity index (χ4n) is 2.65. The lowest BCUT2D eigenvalue weighted by molar-refractivity contribution is -0.118. The van der Waals surface area contributed by atoms with Gasteiger partial charge in [-0.25, -0.2) is 4.79 Å². The van der Waals surface area contributed by atoms with Gasteiger partial charge in [0.1, 0.15) is 24.6 Å². The SMILES string of the molecule is CC(C)(C)OC(=O)N1CCN(CCOc2ccccc2NC(=O)CO)CC1. The molecule has 0 aromatic heterocycles. The van der Waals surface area contributed by atoms with Crippen molar-refractivity contribution in [1.82, 2.24) is 9.80 Å². The van der Waals surface area contributed by atoms with Crippen molar-refractivity contribution in [2.45, 2.75) is 26.4 Å². The van der Waals surface area contributed by atoms with Crippen LogP contribution in [0.5, 0.6) is 5.75 Å². The molecule has 0 unspecified atom stereocenters. The van der Waals surface area contributed by atoms with Crippen molar-refractivity contribution in [2.75, 3.05) is 51.3 Å². The second-order valence-corrected chi connectivity index (χ2v) is 7.36. The van der Waals surface area contributed by atoms with Crippen molar-refractivity contribution in [3.05, 3.63) is 24.3 Å². The second-order valence-electron chi connectivity index (χ2n) is 7.36. The number of ether oxygens (including phenoxy) is 2. The van der Waals surface area contributed by atoms with Crippen LogP contribution in [0.2, 0.25) is 0 Å². The predicted molar refractivity (Wildman–Crippen MR) is 102 cm³/mol. The molecule has 0 atom stereocenters. The van der Waals surface area contributed by atoms with E-state index in [2.05, 4.69) is 10.2 Å². The Bertz CT molecular complexity index is 636. The molecule has 8 heteroatoms. The number of para-hydroxylation sites is 2. The standard InChI is InChI=1S/C19H29N3O5/c1-19(2,3)27-18(25)22-10-8-21(9-11-22)12-13-26-16-7-5-4-6-15(16)20-17(24)14-23/h4-7,23H,8-14H2,1-3H3,(H,20,24). The highest BCUT2D eigenvalue weighted by molar-refractivity contribution is 5.92. The molecule has 2 N–H and O–H groups in total. The third-order valence-corrected chi connectivity index (χ3v) is 3.99. The summed E-state index contributed by atoms with van der Waals surface area (Å²) in [6, 6.07) is 7.11. The number of nitrogens with zero attached hydrogens (tertiary/aromatic N) is 2. The maximum Gasteiger partial charge on any atom is 0.410 e. The average molecular weight is 379 g/mol. The molecule has 1 heterocycles. The molecule has 27 heavy (non-hydrogen) atoms. The molecule has 0 saturated carbocycles. The summed E-state index contributed by atoms with van der Waals surface area (Å²) in [5.41, 5.74) is 0.0484. The fourth-order valence-corrected chi connectivity index (χ4v) is 2.65. The van der Waals surface area contributed by atoms with E-state index in [-0.39, 0.29) is 6.09 Å². The van der Waals surface area contributed by atoms with Crippen molar-refractivity contribution in [3.63, 3.8) is 0 Å². The van der Waals surface area contributed by atoms with Crippen LogP contribution in [0.1, 0.15) is 20.8 Å². The van der Waals surface area contributed by atoms with Gasteiger partial charge in [-0.3, -0.25) is 9.69 Å². The van der Waals surface area contributed by atoms with E-state index >= 15 is 0 Å². The molecular formula is C19H29N3O5. The average Bonchev–Trinajstić information content (AvgIpc) is 2.62. The number of aliphatic hydroxyl groups is 1. The summed E-state index contributed by atoms with van der Waals surface area (Å²) in [5, 5.41) is 11.5. The Kier molecular flexibility index (Phi) is 7.44. The van der Waals surface area contributed by atoms with Crippen LogP contribution in [0.3, 0.4) is 0 Å². The minimum Gasteiger partial charge on any atom is -0.490 e. The minimum atomic E-state index is -0.573. The molecule has 0 bridgehead atoms. The third-order valence-electron chi connectivity index (χ3n) is 3.99. The van der Waals surface area contributed by atoms with Crippen molar-refractivity contribution < 1.29 is 24.2 Å². The van der Waals surface area contributed by atoms with Crippen LogP contribution in [0, 0.1) is 0 Å². The zero-order chi connectivity index (χ0) is 19.9. The Labute approximate surface area is 160 Å². The molecule has 2 amide bonds. The lowest BCUT2D eigenvalue weighted by atomic mass is 10.2. The number of carbonyl (C=O) groups is 2. The van der Waals surface area contributed by atoms with Crippen LogP contribution >= 0.6 is 0 Å². The predicted octanol–water partition coefficient (Wildman–Crippen LogP) is 1.55. The highest BCUT2D eigenvalue weighted by atomic mass is 16.6. The molecule has 1 aliphatic heterocycles. The molecule has 1 fully saturated rings. The number of anilines is 1. The number of aliphatic hydroxyl groups excluding tert-OH is 1. The Hall–Kier alpha value is -2.32. The van der Waals surface area contributed by atoms with Crippen LogP contribution in [-0.4, -0.2) is 78.4 Å². The van der Waals surface area contributed by atoms with Gasteiger partial charge >= 0.3 is 6.09 Å². The quantitative estimate of drug-likeness (QED) is 0.779. The summed E-state index contributed by atoms with van der Waals surface area (Å²) in [5.74, 6) is 0.0796. The van der Waals surface area contributed by atoms with Crippen LogP contribution in [0.25, 0.3) is 0 Å². The smallest absolute Gasteiger partial charge is 0.410 e. The number of amides is 2. The van der Waals surface area contributed by atoms with Crippen LogP contribution < -0.4 is 10.1 Å². The normalized spacial score (nSPS) is 15.3. The molecule has 1 aromatic rings. The van der Waals surface area contributed by atoms with E-state index in [0.717, 1.165) is 13.1 Å². The number of hydrogen-bond donors (Lipinski definition) is 2. The van der Waals surface area contributed by atoms with E-state index < -0.39 is 18.1 Å². The Morgan fingerprint density at radius 2 is 1.81 bits per heavy atom. The van der Waals surface area contributed by atoms with Gasteiger partial charge in [-0.15, -0.1) is 0 Å². The summed E-state index contributed by atoms with van der Waals surface area (Å²) in [7, 11) is 0. The topological polar surface area (TPSA) is 91.3 Å². The van der Waals surface area contributed by atoms with Crippen LogP contribution in [0.15, 0.2) is 24.3 Å². The van der Waals surface area contributed by atoms with Gasteiger partial charge in [-0.1, -0.05) is 12.1 Å². The summed E-state index contributed by atoms with van der Waals surface area (Å²) < 4.78 is 11.2. The number of rotatable bonds is 6. The van der Waals surface area contributed by atoms with E-state index in [4.69, 9.17) is 14.6 Å². The molecule has 0 radical (unpaired) electrons. The Morgan fingerprint density at radius 1 is 1.15 bits per heavy atom. The van der Waals surface area contributed by atoms with Crippen LogP contribution in [0.4, 0.5) is 10.5 Å². The number of nitrogens with one attached hydrogen (secondary N) is 1. The van der Waals surface area contributed by atoms with E-state index in [1.54, 1.807) is 23.1 Å². The first-order valence-corrected chi connectivity index (χ1v) is 9.11. The number of benzene rings is 1. The monoisotopic (exact) mass is 379 g/mol. The summed E-state index contributed by atoms with van der Waals surface area (Å²) >= 11 is 0. The highest BCUT2D eigenvalue weighted by Gasteiger charge is 2.25. The minimum absolute atomic E-state index is 0.271. The maximum absolute atomic E-state index is 12.1. The summed E-state index contributed by atoms with van der Waals surface area (Å²) in [4.78, 5) is 27.4. The van der Waals surface area contributed by atoms with Crippen molar-refractivity contribution in [3.8, 4) is 5.75 Å². The molecule has 2 rings (SSSR count). The van der Waals surface area contributed by atoms with Crippen LogP contribution in [-0.2, 0) is 9.53 Å². The van der Waals surface area contributed by atoms with E-state index in [9.17, 15) is 9.59 Å². The first-order valence-electron chi connectivity index (χ1n) is 9.11. The highest BCUT2D eigenvalue weighted by Crippen LogP contribution is 2.23. The number of hydrogen-bond acceptors (Lipinski definition) is 6. The molecule has 1 saturated heterocycles. The molecule has 150 valence electrons. The van der Waals surface area contributed by atoms with Gasteiger partial charge in [0.25, 0.3) is 0 Å². The Balaban J connectivity index is 1.75. The number of piperazine rings is 1. The van der Waals surface area contributed by atoms with Gasteiger partial charge in [0.15, 0.2) is 0 Å². The van der Waals surface area contributed by atoms with Gasteiger partial charge in [0.05, 0.1) is 5.69 Å². The summed E-state index contributed by atoms with van der Waals surface area (Å²) in [6.07, 6.45) is -0.271. The lowest BCUT2D eigenvalue weighted by Gasteiger charge is -2.35.